The Balaban J connectivity index is 1.59. The highest BCUT2D eigenvalue weighted by atomic mass is 35.5. The molecular formula is C26H19ClN2O8. The average Bonchev–Trinajstić information content (AvgIpc) is 3.25. The number of non-ortho nitro benzene ring substituents is 1. The largest absolute Gasteiger partial charge is 0.496 e. The highest BCUT2D eigenvalue weighted by Gasteiger charge is 2.27. The molecule has 11 heteroatoms. The first-order valence-corrected chi connectivity index (χ1v) is 11.3. The number of esters is 2. The zero-order chi connectivity index (χ0) is 26.5. The molecule has 3 aromatic rings. The molecule has 0 N–H and O–H groups in total. The molecule has 0 spiro atoms. The number of benzene rings is 3. The van der Waals surface area contributed by atoms with Gasteiger partial charge in [0.1, 0.15) is 5.75 Å². The maximum Gasteiger partial charge on any atom is 0.363 e. The van der Waals surface area contributed by atoms with Crippen LogP contribution in [0.2, 0.25) is 5.02 Å². The number of nitro benzene ring substituents is 1. The average molecular weight is 523 g/mol. The van der Waals surface area contributed by atoms with Gasteiger partial charge in [-0.1, -0.05) is 17.7 Å². The molecular weight excluding hydrogens is 504 g/mol. The molecule has 37 heavy (non-hydrogen) atoms. The molecule has 0 amide bonds. The van der Waals surface area contributed by atoms with Crippen molar-refractivity contribution in [1.82, 2.24) is 0 Å². The van der Waals surface area contributed by atoms with Crippen molar-refractivity contribution in [1.29, 1.82) is 0 Å². The smallest absolute Gasteiger partial charge is 0.363 e. The summed E-state index contributed by atoms with van der Waals surface area (Å²) in [6.45, 7) is 2.04. The van der Waals surface area contributed by atoms with E-state index in [4.69, 9.17) is 30.5 Å². The highest BCUT2D eigenvalue weighted by molar-refractivity contribution is 6.31. The van der Waals surface area contributed by atoms with Gasteiger partial charge in [0.15, 0.2) is 17.2 Å². The summed E-state index contributed by atoms with van der Waals surface area (Å²) in [5.41, 5.74) is 0.985. The Hall–Kier alpha value is -4.70. The van der Waals surface area contributed by atoms with E-state index in [1.807, 2.05) is 0 Å². The number of carbonyl (C=O) groups excluding carboxylic acids is 2. The van der Waals surface area contributed by atoms with E-state index in [1.165, 1.54) is 43.5 Å². The van der Waals surface area contributed by atoms with Gasteiger partial charge in [0, 0.05) is 17.2 Å². The Morgan fingerprint density at radius 3 is 2.49 bits per heavy atom. The number of nitro groups is 1. The Bertz CT molecular complexity index is 1450. The van der Waals surface area contributed by atoms with E-state index >= 15 is 0 Å². The monoisotopic (exact) mass is 522 g/mol. The van der Waals surface area contributed by atoms with E-state index in [-0.39, 0.29) is 41.0 Å². The third-order valence-corrected chi connectivity index (χ3v) is 5.34. The van der Waals surface area contributed by atoms with Gasteiger partial charge in [-0.25, -0.2) is 14.6 Å². The minimum absolute atomic E-state index is 0.0371. The first kappa shape index (κ1) is 25.4. The molecule has 4 rings (SSSR count). The molecule has 0 unspecified atom stereocenters. The topological polar surface area (TPSA) is 127 Å². The lowest BCUT2D eigenvalue weighted by Crippen LogP contribution is -2.10. The second-order valence-electron chi connectivity index (χ2n) is 7.51. The van der Waals surface area contributed by atoms with Crippen molar-refractivity contribution in [3.05, 3.63) is 98.2 Å². The zero-order valence-electron chi connectivity index (χ0n) is 19.6. The lowest BCUT2D eigenvalue weighted by atomic mass is 10.1. The van der Waals surface area contributed by atoms with Crippen LogP contribution in [0.1, 0.15) is 28.4 Å². The zero-order valence-corrected chi connectivity index (χ0v) is 20.4. The van der Waals surface area contributed by atoms with Crippen LogP contribution in [-0.4, -0.2) is 36.5 Å². The van der Waals surface area contributed by atoms with E-state index in [9.17, 15) is 19.7 Å². The molecule has 0 saturated heterocycles. The molecule has 0 aliphatic carbocycles. The maximum absolute atomic E-state index is 12.5. The standard InChI is InChI=1S/C26H19ClN2O8/c1-3-35-23-13-15(4-10-22(23)36-25(30)16-5-8-18(9-6-16)29(32)33)12-20-26(31)37-24(28-20)19-14-17(27)7-11-21(19)34-2/h4-14H,3H2,1-2H3/b20-12-. The molecule has 3 aromatic carbocycles. The van der Waals surface area contributed by atoms with Gasteiger partial charge in [0.05, 0.1) is 29.8 Å². The van der Waals surface area contributed by atoms with Crippen molar-refractivity contribution in [2.75, 3.05) is 13.7 Å². The molecule has 0 bridgehead atoms. The Kier molecular flexibility index (Phi) is 7.49. The quantitative estimate of drug-likeness (QED) is 0.129. The molecule has 0 fully saturated rings. The van der Waals surface area contributed by atoms with Gasteiger partial charge in [-0.2, -0.15) is 0 Å². The van der Waals surface area contributed by atoms with Crippen molar-refractivity contribution in [2.45, 2.75) is 6.92 Å². The summed E-state index contributed by atoms with van der Waals surface area (Å²) >= 11 is 6.07. The number of ether oxygens (including phenoxy) is 4. The van der Waals surface area contributed by atoms with Gasteiger partial charge >= 0.3 is 11.9 Å². The minimum atomic E-state index is -0.717. The molecule has 0 atom stereocenters. The number of hydrogen-bond acceptors (Lipinski definition) is 9. The van der Waals surface area contributed by atoms with Crippen molar-refractivity contribution in [3.8, 4) is 17.2 Å². The van der Waals surface area contributed by atoms with E-state index in [2.05, 4.69) is 4.99 Å². The Labute approximate surface area is 215 Å². The van der Waals surface area contributed by atoms with Crippen LogP contribution >= 0.6 is 11.6 Å². The van der Waals surface area contributed by atoms with Gasteiger partial charge in [-0.05, 0) is 61.0 Å². The summed E-state index contributed by atoms with van der Waals surface area (Å²) in [5, 5.41) is 11.2. The third-order valence-electron chi connectivity index (χ3n) is 5.10. The number of nitrogens with zero attached hydrogens (tertiary/aromatic N) is 2. The number of methoxy groups -OCH3 is 1. The fraction of sp³-hybridized carbons (Fsp3) is 0.115. The van der Waals surface area contributed by atoms with Crippen LogP contribution in [0, 0.1) is 10.1 Å². The van der Waals surface area contributed by atoms with Crippen LogP contribution in [0.15, 0.2) is 71.4 Å². The summed E-state index contributed by atoms with van der Waals surface area (Å²) < 4.78 is 21.7. The summed E-state index contributed by atoms with van der Waals surface area (Å²) in [6.07, 6.45) is 1.50. The lowest BCUT2D eigenvalue weighted by molar-refractivity contribution is -0.384. The fourth-order valence-corrected chi connectivity index (χ4v) is 3.55. The van der Waals surface area contributed by atoms with Crippen molar-refractivity contribution in [2.24, 2.45) is 4.99 Å². The van der Waals surface area contributed by atoms with Crippen LogP contribution in [-0.2, 0) is 9.53 Å². The predicted octanol–water partition coefficient (Wildman–Crippen LogP) is 5.22. The van der Waals surface area contributed by atoms with Crippen molar-refractivity contribution < 1.29 is 33.5 Å². The summed E-state index contributed by atoms with van der Waals surface area (Å²) in [5.74, 6) is -0.507. The highest BCUT2D eigenvalue weighted by Crippen LogP contribution is 2.32. The van der Waals surface area contributed by atoms with Gasteiger partial charge < -0.3 is 18.9 Å². The van der Waals surface area contributed by atoms with Gasteiger partial charge in [0.2, 0.25) is 5.90 Å². The van der Waals surface area contributed by atoms with E-state index in [1.54, 1.807) is 37.3 Å². The van der Waals surface area contributed by atoms with Gasteiger partial charge in [-0.15, -0.1) is 0 Å². The predicted molar refractivity (Wildman–Crippen MR) is 134 cm³/mol. The van der Waals surface area contributed by atoms with E-state index in [0.29, 0.717) is 21.9 Å². The van der Waals surface area contributed by atoms with Crippen LogP contribution < -0.4 is 14.2 Å². The van der Waals surface area contributed by atoms with E-state index in [0.717, 1.165) is 0 Å². The third kappa shape index (κ3) is 5.76. The van der Waals surface area contributed by atoms with Crippen molar-refractivity contribution >= 4 is 41.2 Å². The molecule has 0 aromatic heterocycles. The van der Waals surface area contributed by atoms with Crippen LogP contribution in [0.5, 0.6) is 17.2 Å². The Morgan fingerprint density at radius 1 is 1.08 bits per heavy atom. The number of cyclic esters (lactones) is 1. The van der Waals surface area contributed by atoms with E-state index < -0.39 is 16.9 Å². The number of carbonyl (C=O) groups is 2. The lowest BCUT2D eigenvalue weighted by Gasteiger charge is -2.11. The first-order valence-electron chi connectivity index (χ1n) is 10.9. The van der Waals surface area contributed by atoms with Crippen LogP contribution in [0.4, 0.5) is 5.69 Å². The first-order chi connectivity index (χ1) is 17.8. The van der Waals surface area contributed by atoms with Crippen LogP contribution in [0.25, 0.3) is 6.08 Å². The number of rotatable bonds is 8. The normalized spacial score (nSPS) is 13.6. The molecule has 1 aliphatic heterocycles. The minimum Gasteiger partial charge on any atom is -0.496 e. The molecule has 0 radical (unpaired) electrons. The molecule has 1 heterocycles. The van der Waals surface area contributed by atoms with Gasteiger partial charge in [0.25, 0.3) is 5.69 Å². The second kappa shape index (κ2) is 10.9. The summed E-state index contributed by atoms with van der Waals surface area (Å²) in [4.78, 5) is 39.6. The van der Waals surface area contributed by atoms with Crippen LogP contribution in [0.3, 0.4) is 0 Å². The fourth-order valence-electron chi connectivity index (χ4n) is 3.37. The Morgan fingerprint density at radius 2 is 1.81 bits per heavy atom. The SMILES string of the molecule is CCOc1cc(/C=C2\N=C(c3cc(Cl)ccc3OC)OC2=O)ccc1OC(=O)c1ccc([N+](=O)[O-])cc1. The maximum atomic E-state index is 12.5. The van der Waals surface area contributed by atoms with Gasteiger partial charge in [-0.3, -0.25) is 10.1 Å². The number of hydrogen-bond donors (Lipinski definition) is 0. The van der Waals surface area contributed by atoms with Crippen molar-refractivity contribution in [3.63, 3.8) is 0 Å². The molecule has 1 aliphatic rings. The number of halogens is 1. The summed E-state index contributed by atoms with van der Waals surface area (Å²) in [6, 6.07) is 14.6. The second-order valence-corrected chi connectivity index (χ2v) is 7.95. The molecule has 188 valence electrons. The molecule has 10 nitrogen and oxygen atoms in total. The molecule has 0 saturated carbocycles. The number of aliphatic imine (C=N–C) groups is 1. The summed E-state index contributed by atoms with van der Waals surface area (Å²) in [7, 11) is 1.48.